The Morgan fingerprint density at radius 1 is 1.24 bits per heavy atom. The zero-order chi connectivity index (χ0) is 20.4. The van der Waals surface area contributed by atoms with Crippen LogP contribution in [0, 0.1) is 5.92 Å². The van der Waals surface area contributed by atoms with Crippen LogP contribution in [0.25, 0.3) is 0 Å². The van der Waals surface area contributed by atoms with Gasteiger partial charge in [-0.1, -0.05) is 43.7 Å². The lowest BCUT2D eigenvalue weighted by Gasteiger charge is -2.40. The summed E-state index contributed by atoms with van der Waals surface area (Å²) in [6.45, 7) is 8.33. The molecule has 1 aromatic carbocycles. The SMILES string of the molecule is CCNC(=NCCOCCS(C)(=O)=O)N1CCC(c2ccccc2)C(CC)C1.I. The predicted octanol–water partition coefficient (Wildman–Crippen LogP) is 3.15. The minimum Gasteiger partial charge on any atom is -0.378 e. The molecule has 166 valence electrons. The lowest BCUT2D eigenvalue weighted by atomic mass is 9.79. The van der Waals surface area contributed by atoms with E-state index in [1.54, 1.807) is 0 Å². The van der Waals surface area contributed by atoms with Crippen LogP contribution in [-0.2, 0) is 14.6 Å². The van der Waals surface area contributed by atoms with Crippen molar-refractivity contribution in [2.45, 2.75) is 32.6 Å². The van der Waals surface area contributed by atoms with Crippen molar-refractivity contribution in [3.63, 3.8) is 0 Å². The Bertz CT molecular complexity index is 713. The first-order valence-electron chi connectivity index (χ1n) is 10.3. The highest BCUT2D eigenvalue weighted by atomic mass is 127. The Kier molecular flexibility index (Phi) is 12.1. The fourth-order valence-corrected chi connectivity index (χ4v) is 4.15. The van der Waals surface area contributed by atoms with Crippen LogP contribution in [0.4, 0.5) is 0 Å². The van der Waals surface area contributed by atoms with Gasteiger partial charge in [0.05, 0.1) is 25.5 Å². The molecule has 1 aliphatic heterocycles. The lowest BCUT2D eigenvalue weighted by molar-refractivity contribution is 0.156. The molecule has 2 unspecified atom stereocenters. The molecule has 6 nitrogen and oxygen atoms in total. The van der Waals surface area contributed by atoms with E-state index in [9.17, 15) is 8.42 Å². The van der Waals surface area contributed by atoms with Crippen molar-refractivity contribution in [1.82, 2.24) is 10.2 Å². The number of benzene rings is 1. The van der Waals surface area contributed by atoms with E-state index in [0.29, 0.717) is 25.0 Å². The Morgan fingerprint density at radius 3 is 2.59 bits per heavy atom. The largest absolute Gasteiger partial charge is 0.378 e. The Hall–Kier alpha value is -0.870. The van der Waals surface area contributed by atoms with Crippen molar-refractivity contribution in [1.29, 1.82) is 0 Å². The number of sulfone groups is 1. The van der Waals surface area contributed by atoms with E-state index in [4.69, 9.17) is 9.73 Å². The van der Waals surface area contributed by atoms with Crippen molar-refractivity contribution in [2.24, 2.45) is 10.9 Å². The third-order valence-electron chi connectivity index (χ3n) is 5.22. The normalized spacial score (nSPS) is 20.2. The maximum atomic E-state index is 11.1. The minimum absolute atomic E-state index is 0. The molecule has 1 fully saturated rings. The van der Waals surface area contributed by atoms with Crippen LogP contribution in [0.3, 0.4) is 0 Å². The van der Waals surface area contributed by atoms with Crippen molar-refractivity contribution >= 4 is 39.8 Å². The highest BCUT2D eigenvalue weighted by Gasteiger charge is 2.30. The summed E-state index contributed by atoms with van der Waals surface area (Å²) in [6.07, 6.45) is 3.49. The molecule has 0 amide bonds. The van der Waals surface area contributed by atoms with E-state index in [2.05, 4.69) is 54.4 Å². The molecule has 1 N–H and O–H groups in total. The number of ether oxygens (including phenoxy) is 1. The summed E-state index contributed by atoms with van der Waals surface area (Å²) in [7, 11) is -2.97. The van der Waals surface area contributed by atoms with Gasteiger partial charge in [0, 0.05) is 25.9 Å². The Labute approximate surface area is 193 Å². The van der Waals surface area contributed by atoms with Gasteiger partial charge in [0.2, 0.25) is 0 Å². The quantitative estimate of drug-likeness (QED) is 0.227. The Balaban J connectivity index is 0.00000420. The van der Waals surface area contributed by atoms with Gasteiger partial charge in [-0.15, -0.1) is 24.0 Å². The summed E-state index contributed by atoms with van der Waals surface area (Å²) < 4.78 is 27.7. The van der Waals surface area contributed by atoms with Gasteiger partial charge in [-0.2, -0.15) is 0 Å². The van der Waals surface area contributed by atoms with Crippen LogP contribution in [-0.4, -0.2) is 70.7 Å². The van der Waals surface area contributed by atoms with Crippen LogP contribution in [0.2, 0.25) is 0 Å². The molecule has 0 bridgehead atoms. The van der Waals surface area contributed by atoms with Crippen molar-refractivity contribution in [3.8, 4) is 0 Å². The van der Waals surface area contributed by atoms with Crippen molar-refractivity contribution < 1.29 is 13.2 Å². The van der Waals surface area contributed by atoms with Crippen LogP contribution >= 0.6 is 24.0 Å². The summed E-state index contributed by atoms with van der Waals surface area (Å²) in [5, 5.41) is 3.39. The molecule has 1 aliphatic rings. The summed E-state index contributed by atoms with van der Waals surface area (Å²) in [5.41, 5.74) is 1.44. The zero-order valence-corrected chi connectivity index (χ0v) is 21.0. The van der Waals surface area contributed by atoms with E-state index in [1.165, 1.54) is 11.8 Å². The topological polar surface area (TPSA) is 71.0 Å². The maximum Gasteiger partial charge on any atom is 0.194 e. The van der Waals surface area contributed by atoms with Crippen LogP contribution < -0.4 is 5.32 Å². The van der Waals surface area contributed by atoms with Crippen molar-refractivity contribution in [2.75, 3.05) is 51.4 Å². The second-order valence-corrected chi connectivity index (χ2v) is 9.66. The van der Waals surface area contributed by atoms with E-state index < -0.39 is 9.84 Å². The van der Waals surface area contributed by atoms with Crippen LogP contribution in [0.15, 0.2) is 35.3 Å². The van der Waals surface area contributed by atoms with E-state index in [-0.39, 0.29) is 36.3 Å². The molecular formula is C21H36IN3O3S. The lowest BCUT2D eigenvalue weighted by Crippen LogP contribution is -2.48. The minimum atomic E-state index is -2.97. The van der Waals surface area contributed by atoms with Gasteiger partial charge in [-0.3, -0.25) is 4.99 Å². The van der Waals surface area contributed by atoms with Gasteiger partial charge in [-0.25, -0.2) is 8.42 Å². The molecule has 1 heterocycles. The molecule has 0 spiro atoms. The number of aliphatic imine (C=N–C) groups is 1. The summed E-state index contributed by atoms with van der Waals surface area (Å²) in [6, 6.07) is 10.8. The van der Waals surface area contributed by atoms with Gasteiger partial charge < -0.3 is 15.0 Å². The Morgan fingerprint density at radius 2 is 1.97 bits per heavy atom. The molecule has 29 heavy (non-hydrogen) atoms. The number of piperidine rings is 1. The molecule has 8 heteroatoms. The molecule has 1 saturated heterocycles. The standard InChI is InChI=1S/C21H35N3O3S.HI/c1-4-18-17-24(13-11-20(18)19-9-7-6-8-10-19)21(22-5-2)23-12-14-27-15-16-28(3,25)26;/h6-10,18,20H,4-5,11-17H2,1-3H3,(H,22,23);1H. The highest BCUT2D eigenvalue weighted by Crippen LogP contribution is 2.34. The monoisotopic (exact) mass is 537 g/mol. The predicted molar refractivity (Wildman–Crippen MR) is 131 cm³/mol. The number of rotatable bonds is 9. The molecule has 0 saturated carbocycles. The number of guanidine groups is 1. The molecule has 2 rings (SSSR count). The average molecular weight is 538 g/mol. The highest BCUT2D eigenvalue weighted by molar-refractivity contribution is 14.0. The van der Waals surface area contributed by atoms with E-state index >= 15 is 0 Å². The molecule has 0 aromatic heterocycles. The maximum absolute atomic E-state index is 11.1. The third kappa shape index (κ3) is 9.21. The van der Waals surface area contributed by atoms with Gasteiger partial charge in [0.15, 0.2) is 5.96 Å². The molecule has 1 aromatic rings. The number of nitrogens with one attached hydrogen (secondary N) is 1. The fourth-order valence-electron chi connectivity index (χ4n) is 3.73. The third-order valence-corrected chi connectivity index (χ3v) is 6.12. The summed E-state index contributed by atoms with van der Waals surface area (Å²) in [5.74, 6) is 2.19. The molecule has 0 radical (unpaired) electrons. The van der Waals surface area contributed by atoms with Gasteiger partial charge >= 0.3 is 0 Å². The van der Waals surface area contributed by atoms with Crippen molar-refractivity contribution in [3.05, 3.63) is 35.9 Å². The van der Waals surface area contributed by atoms with E-state index in [1.807, 2.05) is 0 Å². The number of halogens is 1. The number of hydrogen-bond donors (Lipinski definition) is 1. The first kappa shape index (κ1) is 26.2. The zero-order valence-electron chi connectivity index (χ0n) is 17.8. The number of likely N-dealkylation sites (tertiary alicyclic amines) is 1. The fraction of sp³-hybridized carbons (Fsp3) is 0.667. The molecular weight excluding hydrogens is 501 g/mol. The van der Waals surface area contributed by atoms with Gasteiger partial charge in [-0.05, 0) is 30.7 Å². The van der Waals surface area contributed by atoms with Gasteiger partial charge in [0.25, 0.3) is 0 Å². The first-order chi connectivity index (χ1) is 13.4. The summed E-state index contributed by atoms with van der Waals surface area (Å²) in [4.78, 5) is 7.05. The second-order valence-electron chi connectivity index (χ2n) is 7.40. The average Bonchev–Trinajstić information content (AvgIpc) is 2.69. The smallest absolute Gasteiger partial charge is 0.194 e. The number of hydrogen-bond acceptors (Lipinski definition) is 4. The van der Waals surface area contributed by atoms with Gasteiger partial charge in [0.1, 0.15) is 9.84 Å². The van der Waals surface area contributed by atoms with E-state index in [0.717, 1.165) is 38.4 Å². The van der Waals surface area contributed by atoms with Crippen LogP contribution in [0.5, 0.6) is 0 Å². The first-order valence-corrected chi connectivity index (χ1v) is 12.3. The number of nitrogens with zero attached hydrogens (tertiary/aromatic N) is 2. The second kappa shape index (κ2) is 13.4. The molecule has 2 atom stereocenters. The van der Waals surface area contributed by atoms with Crippen LogP contribution in [0.1, 0.15) is 38.2 Å². The molecule has 0 aliphatic carbocycles. The summed E-state index contributed by atoms with van der Waals surface area (Å²) >= 11 is 0.